The van der Waals surface area contributed by atoms with Crippen LogP contribution in [0.4, 0.5) is 11.4 Å². The van der Waals surface area contributed by atoms with Gasteiger partial charge in [0.15, 0.2) is 7.28 Å². The molecular formula is C74H67BN2S. The number of hydrogen-bond donors (Lipinski definition) is 1. The molecule has 0 fully saturated rings. The summed E-state index contributed by atoms with van der Waals surface area (Å²) in [4.78, 5) is 1.32. The lowest BCUT2D eigenvalue weighted by Gasteiger charge is -2.42. The quantitative estimate of drug-likeness (QED) is 0.170. The minimum atomic E-state index is -0.192. The van der Waals surface area contributed by atoms with E-state index in [9.17, 15) is 0 Å². The second-order valence-electron chi connectivity index (χ2n) is 26.8. The summed E-state index contributed by atoms with van der Waals surface area (Å²) >= 11 is 1.94. The molecule has 3 heterocycles. The van der Waals surface area contributed by atoms with E-state index in [2.05, 4.69) is 256 Å². The maximum absolute atomic E-state index is 4.11. The summed E-state index contributed by atoms with van der Waals surface area (Å²) in [7, 11) is 0.817. The first-order chi connectivity index (χ1) is 37.3. The molecule has 4 aliphatic rings. The Morgan fingerprint density at radius 1 is 0.487 bits per heavy atom. The van der Waals surface area contributed by atoms with Crippen molar-refractivity contribution in [3.8, 4) is 60.6 Å². The fraction of sp³-hybridized carbons (Fsp3) is 0.243. The highest BCUT2D eigenvalue weighted by Crippen LogP contribution is 2.57. The Hall–Kier alpha value is -7.40. The molecule has 11 aromatic rings. The number of anilines is 2. The molecular weight excluding hydrogens is 960 g/mol. The monoisotopic (exact) mass is 1030 g/mol. The van der Waals surface area contributed by atoms with Crippen LogP contribution in [0.5, 0.6) is 0 Å². The first-order valence-corrected chi connectivity index (χ1v) is 29.3. The van der Waals surface area contributed by atoms with Gasteiger partial charge in [-0.2, -0.15) is 0 Å². The van der Waals surface area contributed by atoms with Gasteiger partial charge in [-0.1, -0.05) is 197 Å². The SMILES string of the molecule is CC(C)(C)c1ccc(Nc2cc3c(cc2-c2ccc4c5cc6c(cc5n5c4c2Bc2cc4sc(-c7ccccc7)c(-c7ccccc7)c4cc2-5)C(C)(C)c2ccccc2-6)-c2cc4c(cc2C3(C)C)C(C)(C)CCC4(C)C)cc1. The van der Waals surface area contributed by atoms with Crippen molar-refractivity contribution in [2.75, 3.05) is 5.32 Å². The molecule has 4 heteroatoms. The van der Waals surface area contributed by atoms with Crippen molar-refractivity contribution in [3.63, 3.8) is 0 Å². The molecule has 0 unspecified atom stereocenters. The van der Waals surface area contributed by atoms with Gasteiger partial charge in [-0.05, 0) is 167 Å². The molecule has 0 spiro atoms. The number of fused-ring (bicyclic) bond motifs is 13. The number of nitrogens with zero attached hydrogens (tertiary/aromatic N) is 1. The molecule has 15 rings (SSSR count). The van der Waals surface area contributed by atoms with Gasteiger partial charge in [0.1, 0.15) is 0 Å². The van der Waals surface area contributed by atoms with Crippen LogP contribution in [0.1, 0.15) is 128 Å². The molecule has 9 aromatic carbocycles. The molecule has 78 heavy (non-hydrogen) atoms. The van der Waals surface area contributed by atoms with Gasteiger partial charge in [-0.3, -0.25) is 0 Å². The first-order valence-electron chi connectivity index (χ1n) is 28.5. The van der Waals surface area contributed by atoms with Crippen molar-refractivity contribution >= 4 is 72.8 Å². The Kier molecular flexibility index (Phi) is 9.87. The van der Waals surface area contributed by atoms with E-state index in [0.29, 0.717) is 0 Å². The second kappa shape index (κ2) is 16.1. The first kappa shape index (κ1) is 47.8. The fourth-order valence-corrected chi connectivity index (χ4v) is 16.1. The topological polar surface area (TPSA) is 17.0 Å². The summed E-state index contributed by atoms with van der Waals surface area (Å²) in [6.45, 7) is 26.5. The predicted octanol–water partition coefficient (Wildman–Crippen LogP) is 18.7. The van der Waals surface area contributed by atoms with Crippen molar-refractivity contribution < 1.29 is 0 Å². The van der Waals surface area contributed by atoms with Gasteiger partial charge in [0.05, 0.1) is 5.52 Å². The normalized spacial score (nSPS) is 16.6. The van der Waals surface area contributed by atoms with Gasteiger partial charge in [-0.15, -0.1) is 11.3 Å². The number of benzene rings is 9. The van der Waals surface area contributed by atoms with Gasteiger partial charge in [0, 0.05) is 70.3 Å². The largest absolute Gasteiger partial charge is 0.355 e. The summed E-state index contributed by atoms with van der Waals surface area (Å²) in [6, 6.07) is 66.0. The molecule has 2 nitrogen and oxygen atoms in total. The molecule has 0 radical (unpaired) electrons. The van der Waals surface area contributed by atoms with Gasteiger partial charge < -0.3 is 9.88 Å². The molecule has 0 amide bonds. The van der Waals surface area contributed by atoms with E-state index in [-0.39, 0.29) is 27.1 Å². The molecule has 0 saturated heterocycles. The second-order valence-corrected chi connectivity index (χ2v) is 27.9. The minimum Gasteiger partial charge on any atom is -0.355 e. The van der Waals surface area contributed by atoms with E-state index in [1.807, 2.05) is 11.3 Å². The number of hydrogen-bond acceptors (Lipinski definition) is 2. The number of thiophene rings is 1. The molecule has 1 aliphatic heterocycles. The molecule has 0 saturated carbocycles. The summed E-state index contributed by atoms with van der Waals surface area (Å²) in [5.74, 6) is 0. The Balaban J connectivity index is 1.02. The Morgan fingerprint density at radius 2 is 1.10 bits per heavy atom. The average molecular weight is 1030 g/mol. The van der Waals surface area contributed by atoms with Gasteiger partial charge in [-0.25, -0.2) is 0 Å². The highest BCUT2D eigenvalue weighted by Gasteiger charge is 2.44. The zero-order valence-electron chi connectivity index (χ0n) is 47.1. The molecule has 1 N–H and O–H groups in total. The molecule has 0 bridgehead atoms. The average Bonchev–Trinajstić information content (AvgIpc) is 4.28. The van der Waals surface area contributed by atoms with E-state index in [0.717, 1.165) is 18.7 Å². The third-order valence-corrected chi connectivity index (χ3v) is 20.6. The van der Waals surface area contributed by atoms with E-state index >= 15 is 0 Å². The van der Waals surface area contributed by atoms with Crippen molar-refractivity contribution in [2.24, 2.45) is 0 Å². The van der Waals surface area contributed by atoms with Gasteiger partial charge in [0.2, 0.25) is 0 Å². The number of rotatable bonds is 5. The third kappa shape index (κ3) is 6.75. The Morgan fingerprint density at radius 3 is 1.82 bits per heavy atom. The summed E-state index contributed by atoms with van der Waals surface area (Å²) in [5.41, 5.74) is 30.7. The van der Waals surface area contributed by atoms with Crippen LogP contribution in [0.15, 0.2) is 170 Å². The molecule has 382 valence electrons. The van der Waals surface area contributed by atoms with E-state index in [4.69, 9.17) is 0 Å². The van der Waals surface area contributed by atoms with Crippen molar-refractivity contribution in [1.29, 1.82) is 0 Å². The van der Waals surface area contributed by atoms with E-state index in [1.54, 1.807) is 0 Å². The standard InChI is InChI=1S/C74H67BN2S/c1-70(2,3)44-26-28-45(29-27-44)76-62-39-57-50(51-36-59-60(38-56(51)74(57,10)11)72(6,7)33-32-71(59,4)5)34-52(62)47-30-31-48-53-35-49-46-24-18-19-25-55(46)73(8,9)58(49)40-63(53)77-64-37-54-65(41-61(64)75-67(47)68(48)77)78-69(43-22-16-13-17-23-43)66(54)42-20-14-12-15-21-42/h12-31,34-41,75-76H,32-33H2,1-11H3. The lowest BCUT2D eigenvalue weighted by atomic mass is 9.59. The van der Waals surface area contributed by atoms with Crippen LogP contribution < -0.4 is 16.2 Å². The highest BCUT2D eigenvalue weighted by molar-refractivity contribution is 7.23. The molecule has 2 aromatic heterocycles. The van der Waals surface area contributed by atoms with Crippen LogP contribution in [-0.2, 0) is 27.1 Å². The summed E-state index contributed by atoms with van der Waals surface area (Å²) in [5, 5.41) is 8.05. The summed E-state index contributed by atoms with van der Waals surface area (Å²) in [6.07, 6.45) is 2.39. The van der Waals surface area contributed by atoms with Crippen molar-refractivity contribution in [2.45, 2.75) is 116 Å². The highest BCUT2D eigenvalue weighted by atomic mass is 32.1. The van der Waals surface area contributed by atoms with Crippen LogP contribution in [0.3, 0.4) is 0 Å². The van der Waals surface area contributed by atoms with Gasteiger partial charge >= 0.3 is 0 Å². The zero-order chi connectivity index (χ0) is 53.6. The van der Waals surface area contributed by atoms with E-state index in [1.165, 1.54) is 155 Å². The molecule has 3 aliphatic carbocycles. The number of aromatic nitrogens is 1. The smallest absolute Gasteiger partial charge is 0.198 e. The van der Waals surface area contributed by atoms with Crippen molar-refractivity contribution in [3.05, 3.63) is 209 Å². The lowest BCUT2D eigenvalue weighted by molar-refractivity contribution is 0.331. The Bertz CT molecular complexity index is 4380. The number of nitrogens with one attached hydrogen (secondary N) is 1. The van der Waals surface area contributed by atoms with Crippen LogP contribution in [-0.4, -0.2) is 11.8 Å². The van der Waals surface area contributed by atoms with Crippen LogP contribution in [0, 0.1) is 0 Å². The predicted molar refractivity (Wildman–Crippen MR) is 338 cm³/mol. The maximum atomic E-state index is 4.11. The zero-order valence-corrected chi connectivity index (χ0v) is 48.0. The van der Waals surface area contributed by atoms with Crippen LogP contribution in [0.25, 0.3) is 92.5 Å². The maximum Gasteiger partial charge on any atom is 0.198 e. The minimum absolute atomic E-state index is 0.0579. The molecule has 0 atom stereocenters. The third-order valence-electron chi connectivity index (χ3n) is 19.4. The van der Waals surface area contributed by atoms with Crippen LogP contribution >= 0.6 is 11.3 Å². The Labute approximate surface area is 465 Å². The fourth-order valence-electron chi connectivity index (χ4n) is 14.8. The van der Waals surface area contributed by atoms with E-state index < -0.39 is 0 Å². The van der Waals surface area contributed by atoms with Crippen LogP contribution in [0.2, 0.25) is 0 Å². The lowest BCUT2D eigenvalue weighted by Crippen LogP contribution is -2.37. The van der Waals surface area contributed by atoms with Gasteiger partial charge in [0.25, 0.3) is 0 Å². The summed E-state index contributed by atoms with van der Waals surface area (Å²) < 4.78 is 4.01. The van der Waals surface area contributed by atoms with Crippen molar-refractivity contribution in [1.82, 2.24) is 4.57 Å².